The summed E-state index contributed by atoms with van der Waals surface area (Å²) < 4.78 is 19.7. The third-order valence-corrected chi connectivity index (χ3v) is 7.72. The van der Waals surface area contributed by atoms with Gasteiger partial charge in [-0.3, -0.25) is 19.4 Å². The Balaban J connectivity index is 0.000000244. The van der Waals surface area contributed by atoms with E-state index in [2.05, 4.69) is 34.6 Å². The summed E-state index contributed by atoms with van der Waals surface area (Å²) in [6, 6.07) is 7.64. The van der Waals surface area contributed by atoms with Crippen LogP contribution in [-0.4, -0.2) is 37.6 Å². The van der Waals surface area contributed by atoms with Crippen molar-refractivity contribution in [3.63, 3.8) is 0 Å². The Morgan fingerprint density at radius 3 is 2.53 bits per heavy atom. The van der Waals surface area contributed by atoms with Gasteiger partial charge in [-0.25, -0.2) is 4.39 Å². The van der Waals surface area contributed by atoms with E-state index in [0.29, 0.717) is 16.9 Å². The van der Waals surface area contributed by atoms with Gasteiger partial charge in [-0.1, -0.05) is 26.8 Å². The average molecular weight is 516 g/mol. The lowest BCUT2D eigenvalue weighted by molar-refractivity contribution is 0.112. The normalized spacial score (nSPS) is 15.2. The Morgan fingerprint density at radius 1 is 1.13 bits per heavy atom. The van der Waals surface area contributed by atoms with E-state index in [1.165, 1.54) is 24.1 Å². The number of pyridine rings is 1. The van der Waals surface area contributed by atoms with Gasteiger partial charge in [0.25, 0.3) is 0 Å². The van der Waals surface area contributed by atoms with Crippen LogP contribution in [0.25, 0.3) is 22.0 Å². The molecule has 4 aromatic rings. The highest BCUT2D eigenvalue weighted by Crippen LogP contribution is 2.41. The standard InChI is InChI=1S/C24H27FN2O.C7H11N3/c1-5-21-18(9-6-15(4)26-21)19-10-17(13-28)11-20-22(25)23(14(2)3)27(24(19)20)12-16-7-8-16;1-9-4-6-3-8-10(2)7(6)5-9/h6,9-11,13-14,16H,5,7-8,12H2,1-4H3;3H,4-5H2,1-2H3. The Hall–Kier alpha value is -3.32. The highest BCUT2D eigenvalue weighted by atomic mass is 19.1. The lowest BCUT2D eigenvalue weighted by Gasteiger charge is -2.16. The van der Waals surface area contributed by atoms with Gasteiger partial charge in [-0.05, 0) is 63.3 Å². The van der Waals surface area contributed by atoms with E-state index in [9.17, 15) is 4.79 Å². The molecule has 0 radical (unpaired) electrons. The summed E-state index contributed by atoms with van der Waals surface area (Å²) in [5.41, 5.74) is 8.74. The first-order chi connectivity index (χ1) is 18.2. The summed E-state index contributed by atoms with van der Waals surface area (Å²) in [5, 5.41) is 4.71. The molecule has 38 heavy (non-hydrogen) atoms. The summed E-state index contributed by atoms with van der Waals surface area (Å²) in [5.74, 6) is 0.502. The molecule has 0 bridgehead atoms. The van der Waals surface area contributed by atoms with Crippen LogP contribution in [0.3, 0.4) is 0 Å². The van der Waals surface area contributed by atoms with E-state index in [4.69, 9.17) is 4.98 Å². The van der Waals surface area contributed by atoms with Crippen LogP contribution in [0.4, 0.5) is 4.39 Å². The molecule has 1 saturated carbocycles. The maximum atomic E-state index is 15.5. The number of hydrogen-bond acceptors (Lipinski definition) is 4. The van der Waals surface area contributed by atoms with Gasteiger partial charge < -0.3 is 4.57 Å². The van der Waals surface area contributed by atoms with E-state index in [1.54, 1.807) is 6.07 Å². The van der Waals surface area contributed by atoms with Gasteiger partial charge in [0.2, 0.25) is 0 Å². The van der Waals surface area contributed by atoms with Crippen molar-refractivity contribution in [3.8, 4) is 11.1 Å². The highest BCUT2D eigenvalue weighted by molar-refractivity contribution is 6.00. The molecule has 2 aliphatic rings. The number of aryl methyl sites for hydroxylation is 3. The van der Waals surface area contributed by atoms with E-state index < -0.39 is 0 Å². The maximum absolute atomic E-state index is 15.5. The molecule has 6 rings (SSSR count). The molecule has 1 aliphatic heterocycles. The van der Waals surface area contributed by atoms with Gasteiger partial charge in [0, 0.05) is 65.7 Å². The summed E-state index contributed by atoms with van der Waals surface area (Å²) in [4.78, 5) is 18.6. The van der Waals surface area contributed by atoms with E-state index in [-0.39, 0.29) is 11.7 Å². The second-order valence-electron chi connectivity index (χ2n) is 11.2. The van der Waals surface area contributed by atoms with Crippen molar-refractivity contribution in [2.24, 2.45) is 13.0 Å². The van der Waals surface area contributed by atoms with E-state index in [1.807, 2.05) is 50.8 Å². The summed E-state index contributed by atoms with van der Waals surface area (Å²) in [6.45, 7) is 11.1. The number of benzene rings is 1. The Morgan fingerprint density at radius 2 is 1.89 bits per heavy atom. The zero-order valence-electron chi connectivity index (χ0n) is 23.4. The van der Waals surface area contributed by atoms with Crippen LogP contribution in [0, 0.1) is 18.7 Å². The molecule has 1 aliphatic carbocycles. The summed E-state index contributed by atoms with van der Waals surface area (Å²) >= 11 is 0. The molecule has 1 aromatic carbocycles. The van der Waals surface area contributed by atoms with Crippen LogP contribution in [0.15, 0.2) is 30.5 Å². The molecular weight excluding hydrogens is 477 g/mol. The molecule has 1 fully saturated rings. The van der Waals surface area contributed by atoms with Gasteiger partial charge in [-0.15, -0.1) is 0 Å². The minimum Gasteiger partial charge on any atom is -0.341 e. The molecule has 7 heteroatoms. The fourth-order valence-electron chi connectivity index (χ4n) is 5.65. The number of halogens is 1. The largest absolute Gasteiger partial charge is 0.341 e. The molecule has 3 aromatic heterocycles. The van der Waals surface area contributed by atoms with Crippen molar-refractivity contribution in [1.82, 2.24) is 24.2 Å². The smallest absolute Gasteiger partial charge is 0.152 e. The second kappa shape index (κ2) is 10.4. The molecule has 0 saturated heterocycles. The van der Waals surface area contributed by atoms with Crippen LogP contribution in [-0.2, 0) is 33.1 Å². The lowest BCUT2D eigenvalue weighted by Crippen LogP contribution is -2.10. The number of fused-ring (bicyclic) bond motifs is 2. The van der Waals surface area contributed by atoms with Gasteiger partial charge >= 0.3 is 0 Å². The van der Waals surface area contributed by atoms with E-state index >= 15 is 4.39 Å². The lowest BCUT2D eigenvalue weighted by atomic mass is 9.97. The van der Waals surface area contributed by atoms with Gasteiger partial charge in [0.1, 0.15) is 6.29 Å². The second-order valence-corrected chi connectivity index (χ2v) is 11.2. The van der Waals surface area contributed by atoms with Crippen molar-refractivity contribution >= 4 is 17.2 Å². The third-order valence-electron chi connectivity index (χ3n) is 7.72. The minimum absolute atomic E-state index is 0.0699. The molecule has 200 valence electrons. The van der Waals surface area contributed by atoms with Crippen LogP contribution < -0.4 is 0 Å². The van der Waals surface area contributed by atoms with E-state index in [0.717, 1.165) is 66.1 Å². The molecule has 0 atom stereocenters. The zero-order chi connectivity index (χ0) is 27.1. The van der Waals surface area contributed by atoms with Gasteiger partial charge in [0.05, 0.1) is 23.1 Å². The van der Waals surface area contributed by atoms with Crippen LogP contribution >= 0.6 is 0 Å². The fourth-order valence-corrected chi connectivity index (χ4v) is 5.65. The predicted molar refractivity (Wildman–Crippen MR) is 150 cm³/mol. The van der Waals surface area contributed by atoms with Gasteiger partial charge in [0.15, 0.2) is 5.82 Å². The highest BCUT2D eigenvalue weighted by Gasteiger charge is 2.29. The van der Waals surface area contributed by atoms with Crippen molar-refractivity contribution in [2.45, 2.75) is 72.5 Å². The Labute approximate surface area is 224 Å². The Bertz CT molecular complexity index is 1490. The van der Waals surface area contributed by atoms with Crippen LogP contribution in [0.1, 0.15) is 78.2 Å². The number of nitrogens with zero attached hydrogens (tertiary/aromatic N) is 5. The number of aromatic nitrogens is 4. The summed E-state index contributed by atoms with van der Waals surface area (Å²) in [6.07, 6.45) is 5.95. The molecule has 0 N–H and O–H groups in total. The molecule has 0 spiro atoms. The first-order valence-corrected chi connectivity index (χ1v) is 13.7. The number of carbonyl (C=O) groups excluding carboxylic acids is 1. The van der Waals surface area contributed by atoms with Crippen molar-refractivity contribution in [2.75, 3.05) is 7.05 Å². The molecule has 0 amide bonds. The van der Waals surface area contributed by atoms with Crippen LogP contribution in [0.5, 0.6) is 0 Å². The van der Waals surface area contributed by atoms with Crippen molar-refractivity contribution in [3.05, 3.63) is 70.2 Å². The average Bonchev–Trinajstić information content (AvgIpc) is 3.45. The van der Waals surface area contributed by atoms with Crippen LogP contribution in [0.2, 0.25) is 0 Å². The molecule has 4 heterocycles. The first-order valence-electron chi connectivity index (χ1n) is 13.7. The first kappa shape index (κ1) is 26.3. The Kier molecular flexibility index (Phi) is 7.23. The SMILES string of the molecule is CCc1nc(C)ccc1-c1cc(C=O)cc2c(F)c(C(C)C)n(CC3CC3)c12.CN1Cc2cnn(C)c2C1. The summed E-state index contributed by atoms with van der Waals surface area (Å²) in [7, 11) is 4.12. The fraction of sp³-hybridized carbons (Fsp3) is 0.452. The number of hydrogen-bond donors (Lipinski definition) is 0. The van der Waals surface area contributed by atoms with Crippen molar-refractivity contribution < 1.29 is 9.18 Å². The monoisotopic (exact) mass is 515 g/mol. The predicted octanol–water partition coefficient (Wildman–Crippen LogP) is 6.42. The minimum atomic E-state index is -0.186. The topological polar surface area (TPSA) is 56.0 Å². The van der Waals surface area contributed by atoms with Crippen molar-refractivity contribution in [1.29, 1.82) is 0 Å². The van der Waals surface area contributed by atoms with Gasteiger partial charge in [-0.2, -0.15) is 5.10 Å². The molecule has 0 unspecified atom stereocenters. The number of carbonyl (C=O) groups is 1. The molecule has 6 nitrogen and oxygen atoms in total. The number of rotatable bonds is 6. The molecular formula is C31H38FN5O. The quantitative estimate of drug-likeness (QED) is 0.278. The maximum Gasteiger partial charge on any atom is 0.152 e. The third kappa shape index (κ3) is 4.92. The number of aldehydes is 1. The zero-order valence-corrected chi connectivity index (χ0v) is 23.4.